The Hall–Kier alpha value is -2.63. The first kappa shape index (κ1) is 17.8. The van der Waals surface area contributed by atoms with E-state index in [0.29, 0.717) is 10.1 Å². The number of rotatable bonds is 3. The summed E-state index contributed by atoms with van der Waals surface area (Å²) in [5.41, 5.74) is 2.60. The number of para-hydroxylation sites is 2. The van der Waals surface area contributed by atoms with Crippen molar-refractivity contribution in [2.24, 2.45) is 4.99 Å². The summed E-state index contributed by atoms with van der Waals surface area (Å²) < 4.78 is 1.01. The molecule has 1 aliphatic rings. The first-order chi connectivity index (χ1) is 13.2. The molecule has 3 aromatic rings. The fourth-order valence-corrected chi connectivity index (χ4v) is 3.94. The summed E-state index contributed by atoms with van der Waals surface area (Å²) >= 11 is 4.83. The van der Waals surface area contributed by atoms with E-state index in [0.717, 1.165) is 21.4 Å². The summed E-state index contributed by atoms with van der Waals surface area (Å²) in [5.74, 6) is -0.0659. The smallest absolute Gasteiger partial charge is 0.268 e. The van der Waals surface area contributed by atoms with Crippen LogP contribution in [0.3, 0.4) is 0 Å². The van der Waals surface area contributed by atoms with E-state index in [1.807, 2.05) is 91.0 Å². The molecule has 1 saturated heterocycles. The van der Waals surface area contributed by atoms with Gasteiger partial charge in [-0.25, -0.2) is 4.99 Å². The molecule has 0 unspecified atom stereocenters. The number of thioether (sulfide) groups is 1. The Labute approximate surface area is 170 Å². The minimum absolute atomic E-state index is 0.0659. The van der Waals surface area contributed by atoms with Crippen molar-refractivity contribution in [3.8, 4) is 0 Å². The molecule has 0 spiro atoms. The number of nitrogens with zero attached hydrogens (tertiary/aromatic N) is 2. The highest BCUT2D eigenvalue weighted by Gasteiger charge is 2.34. The van der Waals surface area contributed by atoms with Gasteiger partial charge in [0.1, 0.15) is 0 Å². The SMILES string of the molecule is O=C1/C(=C\c2ccc(Br)cc2)SC(=Nc2ccccc2)N1c1ccccc1. The van der Waals surface area contributed by atoms with Gasteiger partial charge in [-0.2, -0.15) is 0 Å². The number of halogens is 1. The van der Waals surface area contributed by atoms with Gasteiger partial charge in [0.25, 0.3) is 5.91 Å². The molecule has 0 saturated carbocycles. The molecule has 3 aromatic carbocycles. The maximum atomic E-state index is 13.1. The van der Waals surface area contributed by atoms with Crippen LogP contribution >= 0.6 is 27.7 Å². The third kappa shape index (κ3) is 4.04. The van der Waals surface area contributed by atoms with Gasteiger partial charge in [-0.05, 0) is 59.8 Å². The fraction of sp³-hybridized carbons (Fsp3) is 0. The number of hydrogen-bond acceptors (Lipinski definition) is 3. The predicted molar refractivity (Wildman–Crippen MR) is 117 cm³/mol. The fourth-order valence-electron chi connectivity index (χ4n) is 2.68. The van der Waals surface area contributed by atoms with E-state index in [4.69, 9.17) is 4.99 Å². The monoisotopic (exact) mass is 434 g/mol. The molecule has 0 atom stereocenters. The van der Waals surface area contributed by atoms with Crippen molar-refractivity contribution in [3.05, 3.63) is 99.9 Å². The summed E-state index contributed by atoms with van der Waals surface area (Å²) in [4.78, 5) is 20.2. The van der Waals surface area contributed by atoms with Gasteiger partial charge in [-0.3, -0.25) is 9.69 Å². The Kier molecular flexibility index (Phi) is 5.23. The Morgan fingerprint density at radius 1 is 0.852 bits per heavy atom. The van der Waals surface area contributed by atoms with Crippen molar-refractivity contribution in [2.75, 3.05) is 4.90 Å². The first-order valence-corrected chi connectivity index (χ1v) is 10.00. The molecular weight excluding hydrogens is 420 g/mol. The van der Waals surface area contributed by atoms with Crippen LogP contribution in [0.15, 0.2) is 99.3 Å². The summed E-state index contributed by atoms with van der Waals surface area (Å²) in [6, 6.07) is 27.2. The Balaban J connectivity index is 1.76. The zero-order valence-electron chi connectivity index (χ0n) is 14.2. The van der Waals surface area contributed by atoms with Crippen molar-refractivity contribution >= 4 is 56.2 Å². The molecule has 0 aliphatic carbocycles. The molecule has 27 heavy (non-hydrogen) atoms. The number of carbonyl (C=O) groups is 1. The number of carbonyl (C=O) groups excluding carboxylic acids is 1. The third-order valence-corrected chi connectivity index (χ3v) is 5.47. The largest absolute Gasteiger partial charge is 0.271 e. The molecule has 1 amide bonds. The lowest BCUT2D eigenvalue weighted by molar-refractivity contribution is -0.113. The van der Waals surface area contributed by atoms with Crippen molar-refractivity contribution in [2.45, 2.75) is 0 Å². The molecule has 1 heterocycles. The summed E-state index contributed by atoms with van der Waals surface area (Å²) in [5, 5.41) is 0.653. The van der Waals surface area contributed by atoms with E-state index in [1.165, 1.54) is 11.8 Å². The second-order valence-corrected chi connectivity index (χ2v) is 7.79. The lowest BCUT2D eigenvalue weighted by Gasteiger charge is -2.15. The van der Waals surface area contributed by atoms with E-state index >= 15 is 0 Å². The second-order valence-electron chi connectivity index (χ2n) is 5.87. The highest BCUT2D eigenvalue weighted by molar-refractivity contribution is 9.10. The lowest BCUT2D eigenvalue weighted by atomic mass is 10.2. The van der Waals surface area contributed by atoms with Gasteiger partial charge in [-0.1, -0.05) is 64.5 Å². The van der Waals surface area contributed by atoms with Gasteiger partial charge < -0.3 is 0 Å². The van der Waals surface area contributed by atoms with E-state index in [-0.39, 0.29) is 5.91 Å². The maximum Gasteiger partial charge on any atom is 0.271 e. The van der Waals surface area contributed by atoms with Crippen molar-refractivity contribution < 1.29 is 4.79 Å². The molecule has 0 N–H and O–H groups in total. The molecule has 1 fully saturated rings. The van der Waals surface area contributed by atoms with Crippen molar-refractivity contribution in [1.29, 1.82) is 0 Å². The van der Waals surface area contributed by atoms with E-state index in [1.54, 1.807) is 4.90 Å². The molecule has 3 nitrogen and oxygen atoms in total. The number of aliphatic imine (C=N–C) groups is 1. The van der Waals surface area contributed by atoms with Crippen LogP contribution in [0.5, 0.6) is 0 Å². The average Bonchev–Trinajstić information content (AvgIpc) is 3.00. The van der Waals surface area contributed by atoms with E-state index < -0.39 is 0 Å². The van der Waals surface area contributed by atoms with Crippen molar-refractivity contribution in [1.82, 2.24) is 0 Å². The average molecular weight is 435 g/mol. The molecular formula is C22H15BrN2OS. The summed E-state index contributed by atoms with van der Waals surface area (Å²) in [6.45, 7) is 0. The van der Waals surface area contributed by atoms with Crippen LogP contribution in [0.25, 0.3) is 6.08 Å². The van der Waals surface area contributed by atoms with Gasteiger partial charge in [0, 0.05) is 4.47 Å². The number of hydrogen-bond donors (Lipinski definition) is 0. The number of benzene rings is 3. The predicted octanol–water partition coefficient (Wildman–Crippen LogP) is 6.26. The molecule has 0 aromatic heterocycles. The van der Waals surface area contributed by atoms with E-state index in [2.05, 4.69) is 15.9 Å². The first-order valence-electron chi connectivity index (χ1n) is 8.39. The topological polar surface area (TPSA) is 32.7 Å². The summed E-state index contributed by atoms with van der Waals surface area (Å²) in [7, 11) is 0. The minimum Gasteiger partial charge on any atom is -0.268 e. The van der Waals surface area contributed by atoms with Gasteiger partial charge in [0.2, 0.25) is 0 Å². The summed E-state index contributed by atoms with van der Waals surface area (Å²) in [6.07, 6.45) is 1.91. The van der Waals surface area contributed by atoms with Crippen LogP contribution < -0.4 is 4.90 Å². The molecule has 132 valence electrons. The van der Waals surface area contributed by atoms with Gasteiger partial charge in [-0.15, -0.1) is 0 Å². The van der Waals surface area contributed by atoms with Crippen LogP contribution in [-0.4, -0.2) is 11.1 Å². The van der Waals surface area contributed by atoms with Crippen molar-refractivity contribution in [3.63, 3.8) is 0 Å². The molecule has 4 rings (SSSR count). The zero-order valence-corrected chi connectivity index (χ0v) is 16.7. The number of amides is 1. The third-order valence-electron chi connectivity index (χ3n) is 3.97. The molecule has 1 aliphatic heterocycles. The molecule has 5 heteroatoms. The molecule has 0 radical (unpaired) electrons. The highest BCUT2D eigenvalue weighted by atomic mass is 79.9. The van der Waals surface area contributed by atoms with E-state index in [9.17, 15) is 4.79 Å². The maximum absolute atomic E-state index is 13.1. The van der Waals surface area contributed by atoms with Crippen LogP contribution in [0.1, 0.15) is 5.56 Å². The highest BCUT2D eigenvalue weighted by Crippen LogP contribution is 2.37. The van der Waals surface area contributed by atoms with Crippen LogP contribution in [0, 0.1) is 0 Å². The quantitative estimate of drug-likeness (QED) is 0.455. The second kappa shape index (κ2) is 7.94. The van der Waals surface area contributed by atoms with Gasteiger partial charge in [0.15, 0.2) is 5.17 Å². The Bertz CT molecular complexity index is 1020. The Morgan fingerprint density at radius 3 is 2.15 bits per heavy atom. The Morgan fingerprint density at radius 2 is 1.48 bits per heavy atom. The zero-order chi connectivity index (χ0) is 18.6. The standard InChI is InChI=1S/C22H15BrN2OS/c23-17-13-11-16(12-14-17)15-20-21(26)25(19-9-5-2-6-10-19)22(27-20)24-18-7-3-1-4-8-18/h1-15H/b20-15+,24-22?. The lowest BCUT2D eigenvalue weighted by Crippen LogP contribution is -2.28. The van der Waals surface area contributed by atoms with Gasteiger partial charge in [0.05, 0.1) is 16.3 Å². The number of anilines is 1. The number of amidine groups is 1. The van der Waals surface area contributed by atoms with Gasteiger partial charge >= 0.3 is 0 Å². The van der Waals surface area contributed by atoms with Crippen LogP contribution in [-0.2, 0) is 4.79 Å². The van der Waals surface area contributed by atoms with Crippen LogP contribution in [0.2, 0.25) is 0 Å². The molecule has 0 bridgehead atoms. The normalized spacial score (nSPS) is 17.1. The van der Waals surface area contributed by atoms with Crippen LogP contribution in [0.4, 0.5) is 11.4 Å². The minimum atomic E-state index is -0.0659.